The number of carbonyl (C=O) groups excluding carboxylic acids is 1. The third kappa shape index (κ3) is 2.15. The van der Waals surface area contributed by atoms with Gasteiger partial charge in [-0.3, -0.25) is 4.79 Å². The van der Waals surface area contributed by atoms with Crippen molar-refractivity contribution in [2.24, 2.45) is 0 Å². The molecule has 0 saturated heterocycles. The third-order valence-corrected chi connectivity index (χ3v) is 4.05. The maximum atomic E-state index is 13.5. The van der Waals surface area contributed by atoms with Crippen LogP contribution in [0.1, 0.15) is 15.9 Å². The van der Waals surface area contributed by atoms with E-state index < -0.39 is 5.82 Å². The van der Waals surface area contributed by atoms with Crippen molar-refractivity contribution in [3.05, 3.63) is 69.0 Å². The molecule has 0 radical (unpaired) electrons. The highest BCUT2D eigenvalue weighted by Crippen LogP contribution is 2.29. The van der Waals surface area contributed by atoms with Crippen LogP contribution in [0.2, 0.25) is 5.02 Å². The van der Waals surface area contributed by atoms with Crippen LogP contribution in [0.5, 0.6) is 0 Å². The van der Waals surface area contributed by atoms with Crippen LogP contribution in [-0.4, -0.2) is 10.8 Å². The summed E-state index contributed by atoms with van der Waals surface area (Å²) in [5.41, 5.74) is 1.61. The molecule has 0 bridgehead atoms. The molecule has 0 aliphatic carbocycles. The molecule has 3 aromatic rings. The van der Waals surface area contributed by atoms with Crippen molar-refractivity contribution in [3.63, 3.8) is 0 Å². The van der Waals surface area contributed by atoms with Crippen LogP contribution in [0.4, 0.5) is 4.39 Å². The number of fused-ring (bicyclic) bond motifs is 1. The Kier molecular flexibility index (Phi) is 3.36. The highest BCUT2D eigenvalue weighted by molar-refractivity contribution is 9.10. The fourth-order valence-electron chi connectivity index (χ4n) is 2.11. The molecule has 0 aliphatic heterocycles. The van der Waals surface area contributed by atoms with Gasteiger partial charge in [-0.05, 0) is 30.3 Å². The Morgan fingerprint density at radius 1 is 1.25 bits per heavy atom. The van der Waals surface area contributed by atoms with E-state index in [-0.39, 0.29) is 16.4 Å². The predicted octanol–water partition coefficient (Wildman–Crippen LogP) is 4.95. The molecule has 0 saturated carbocycles. The smallest absolute Gasteiger partial charge is 0.195 e. The van der Waals surface area contributed by atoms with Crippen LogP contribution >= 0.6 is 27.5 Å². The summed E-state index contributed by atoms with van der Waals surface area (Å²) in [7, 11) is 0. The second kappa shape index (κ2) is 5.04. The average molecular weight is 353 g/mol. The Balaban J connectivity index is 2.15. The second-order valence-electron chi connectivity index (χ2n) is 4.32. The summed E-state index contributed by atoms with van der Waals surface area (Å²) < 4.78 is 14.3. The number of carbonyl (C=O) groups is 1. The molecule has 1 aromatic heterocycles. The quantitative estimate of drug-likeness (QED) is 0.650. The monoisotopic (exact) mass is 351 g/mol. The van der Waals surface area contributed by atoms with Crippen LogP contribution in [-0.2, 0) is 0 Å². The summed E-state index contributed by atoms with van der Waals surface area (Å²) in [5.74, 6) is -0.852. The first kappa shape index (κ1) is 13.3. The molecule has 0 unspecified atom stereocenters. The summed E-state index contributed by atoms with van der Waals surface area (Å²) in [6, 6.07) is 9.66. The van der Waals surface area contributed by atoms with Crippen LogP contribution in [0, 0.1) is 5.82 Å². The van der Waals surface area contributed by atoms with E-state index in [0.717, 1.165) is 21.4 Å². The topological polar surface area (TPSA) is 32.9 Å². The minimum atomic E-state index is -0.601. The van der Waals surface area contributed by atoms with Crippen LogP contribution in [0.3, 0.4) is 0 Å². The predicted molar refractivity (Wildman–Crippen MR) is 80.8 cm³/mol. The summed E-state index contributed by atoms with van der Waals surface area (Å²) in [4.78, 5) is 15.5. The fraction of sp³-hybridized carbons (Fsp3) is 0. The highest BCUT2D eigenvalue weighted by atomic mass is 79.9. The van der Waals surface area contributed by atoms with Crippen molar-refractivity contribution < 1.29 is 9.18 Å². The average Bonchev–Trinajstić information content (AvgIpc) is 2.86. The largest absolute Gasteiger partial charge is 0.360 e. The third-order valence-electron chi connectivity index (χ3n) is 3.08. The highest BCUT2D eigenvalue weighted by Gasteiger charge is 2.17. The lowest BCUT2D eigenvalue weighted by molar-refractivity contribution is 0.104. The molecule has 0 fully saturated rings. The van der Waals surface area contributed by atoms with E-state index in [1.807, 2.05) is 18.2 Å². The number of ketones is 1. The van der Waals surface area contributed by atoms with E-state index in [9.17, 15) is 9.18 Å². The Labute approximate surface area is 127 Å². The van der Waals surface area contributed by atoms with Crippen LogP contribution in [0.15, 0.2) is 47.1 Å². The van der Waals surface area contributed by atoms with Crippen LogP contribution < -0.4 is 0 Å². The molecule has 2 aromatic carbocycles. The molecule has 0 spiro atoms. The summed E-state index contributed by atoms with van der Waals surface area (Å²) >= 11 is 9.06. The van der Waals surface area contributed by atoms with Gasteiger partial charge in [0.05, 0.1) is 5.02 Å². The van der Waals surface area contributed by atoms with E-state index in [2.05, 4.69) is 20.9 Å². The first-order valence-corrected chi connectivity index (χ1v) is 7.00. The van der Waals surface area contributed by atoms with Gasteiger partial charge >= 0.3 is 0 Å². The Morgan fingerprint density at radius 3 is 2.80 bits per heavy atom. The number of H-pyrrole nitrogens is 1. The van der Waals surface area contributed by atoms with E-state index in [0.29, 0.717) is 5.56 Å². The van der Waals surface area contributed by atoms with Crippen molar-refractivity contribution in [1.82, 2.24) is 4.98 Å². The standard InChI is InChI=1S/C15H8BrClFNO/c16-10-2-1-3-13-14(10)9(7-19-13)15(20)8-4-5-11(17)12(18)6-8/h1-7,19H. The molecule has 100 valence electrons. The number of halogens is 3. The van der Waals surface area contributed by atoms with Crippen molar-refractivity contribution in [2.75, 3.05) is 0 Å². The van der Waals surface area contributed by atoms with Gasteiger partial charge in [0.2, 0.25) is 0 Å². The lowest BCUT2D eigenvalue weighted by Gasteiger charge is -2.02. The number of hydrogen-bond acceptors (Lipinski definition) is 1. The van der Waals surface area contributed by atoms with Gasteiger partial charge in [-0.15, -0.1) is 0 Å². The number of rotatable bonds is 2. The molecular weight excluding hydrogens is 345 g/mol. The lowest BCUT2D eigenvalue weighted by atomic mass is 10.0. The zero-order chi connectivity index (χ0) is 14.3. The first-order valence-electron chi connectivity index (χ1n) is 5.83. The molecule has 0 atom stereocenters. The minimum absolute atomic E-state index is 0.00153. The van der Waals surface area contributed by atoms with Crippen LogP contribution in [0.25, 0.3) is 10.9 Å². The minimum Gasteiger partial charge on any atom is -0.360 e. The molecule has 0 aliphatic rings. The zero-order valence-corrected chi connectivity index (χ0v) is 12.4. The van der Waals surface area contributed by atoms with Gasteiger partial charge < -0.3 is 4.98 Å². The number of nitrogens with one attached hydrogen (secondary N) is 1. The molecule has 20 heavy (non-hydrogen) atoms. The number of benzene rings is 2. The van der Waals surface area contributed by atoms with Gasteiger partial charge in [0.25, 0.3) is 0 Å². The van der Waals surface area contributed by atoms with E-state index in [4.69, 9.17) is 11.6 Å². The molecule has 2 nitrogen and oxygen atoms in total. The summed E-state index contributed by atoms with van der Waals surface area (Å²) in [6.45, 7) is 0. The van der Waals surface area contributed by atoms with Gasteiger partial charge in [-0.1, -0.05) is 33.6 Å². The van der Waals surface area contributed by atoms with Crippen molar-refractivity contribution in [1.29, 1.82) is 0 Å². The van der Waals surface area contributed by atoms with E-state index >= 15 is 0 Å². The van der Waals surface area contributed by atoms with Crippen molar-refractivity contribution in [3.8, 4) is 0 Å². The Bertz CT molecular complexity index is 828. The molecule has 3 rings (SSSR count). The maximum Gasteiger partial charge on any atom is 0.195 e. The number of aromatic amines is 1. The molecule has 0 amide bonds. The lowest BCUT2D eigenvalue weighted by Crippen LogP contribution is -2.01. The maximum absolute atomic E-state index is 13.5. The Morgan fingerprint density at radius 2 is 2.05 bits per heavy atom. The number of hydrogen-bond donors (Lipinski definition) is 1. The number of aromatic nitrogens is 1. The summed E-state index contributed by atoms with van der Waals surface area (Å²) in [6.07, 6.45) is 1.63. The van der Waals surface area contributed by atoms with Crippen molar-refractivity contribution in [2.45, 2.75) is 0 Å². The molecule has 1 N–H and O–H groups in total. The zero-order valence-electron chi connectivity index (χ0n) is 10.1. The van der Waals surface area contributed by atoms with Gasteiger partial charge in [0.1, 0.15) is 5.82 Å². The normalized spacial score (nSPS) is 10.9. The van der Waals surface area contributed by atoms with E-state index in [1.54, 1.807) is 6.20 Å². The molecular formula is C15H8BrClFNO. The van der Waals surface area contributed by atoms with Gasteiger partial charge in [0, 0.05) is 32.7 Å². The molecule has 5 heteroatoms. The van der Waals surface area contributed by atoms with E-state index in [1.165, 1.54) is 12.1 Å². The SMILES string of the molecule is O=C(c1ccc(Cl)c(F)c1)c1c[nH]c2cccc(Br)c12. The van der Waals surface area contributed by atoms with Gasteiger partial charge in [-0.25, -0.2) is 4.39 Å². The van der Waals surface area contributed by atoms with Gasteiger partial charge in [0.15, 0.2) is 5.78 Å². The van der Waals surface area contributed by atoms with Gasteiger partial charge in [-0.2, -0.15) is 0 Å². The second-order valence-corrected chi connectivity index (χ2v) is 5.58. The first-order chi connectivity index (χ1) is 9.58. The fourth-order valence-corrected chi connectivity index (χ4v) is 2.81. The Hall–Kier alpha value is -1.65. The summed E-state index contributed by atoms with van der Waals surface area (Å²) in [5, 5.41) is 0.787. The molecule has 1 heterocycles. The van der Waals surface area contributed by atoms with Crippen molar-refractivity contribution >= 4 is 44.2 Å².